The molecule has 0 bridgehead atoms. The van der Waals surface area contributed by atoms with Gasteiger partial charge in [0.2, 0.25) is 0 Å². The number of hydrogen-bond donors (Lipinski definition) is 1. The highest BCUT2D eigenvalue weighted by Crippen LogP contribution is 2.37. The Morgan fingerprint density at radius 2 is 1.55 bits per heavy atom. The highest BCUT2D eigenvalue weighted by molar-refractivity contribution is 7.92. The minimum Gasteiger partial charge on any atom is -0.294 e. The summed E-state index contributed by atoms with van der Waals surface area (Å²) in [7, 11) is -3.78. The molecule has 0 amide bonds. The monoisotopic (exact) mass is 427 g/mol. The molecule has 0 unspecified atom stereocenters. The molecule has 0 radical (unpaired) electrons. The molecule has 4 nitrogen and oxygen atoms in total. The fourth-order valence-corrected chi connectivity index (χ4v) is 5.07. The zero-order chi connectivity index (χ0) is 21.4. The zero-order valence-electron chi connectivity index (χ0n) is 17.2. The molecule has 0 spiro atoms. The molecule has 6 heteroatoms. The quantitative estimate of drug-likeness (QED) is 0.506. The minimum absolute atomic E-state index is 0.0490. The summed E-state index contributed by atoms with van der Waals surface area (Å²) in [5, 5.41) is 0. The second kappa shape index (κ2) is 7.76. The summed E-state index contributed by atoms with van der Waals surface area (Å²) in [5.41, 5.74) is 3.51. The SMILES string of the molecule is CC(=O)c1sc(-c2ccc(C(C)(C)C)cc2)cc1NS(=O)(=O)c1ccc(C)cc1. The highest BCUT2D eigenvalue weighted by Gasteiger charge is 2.21. The van der Waals surface area contributed by atoms with Crippen LogP contribution in [0.15, 0.2) is 59.5 Å². The van der Waals surface area contributed by atoms with Gasteiger partial charge in [0.05, 0.1) is 15.5 Å². The van der Waals surface area contributed by atoms with Crippen molar-refractivity contribution in [1.82, 2.24) is 0 Å². The van der Waals surface area contributed by atoms with Crippen LogP contribution in [0.5, 0.6) is 0 Å². The van der Waals surface area contributed by atoms with Crippen molar-refractivity contribution in [2.24, 2.45) is 0 Å². The van der Waals surface area contributed by atoms with Gasteiger partial charge in [0.1, 0.15) is 0 Å². The second-order valence-electron chi connectivity index (χ2n) is 8.16. The molecule has 152 valence electrons. The molecule has 0 saturated heterocycles. The van der Waals surface area contributed by atoms with Crippen LogP contribution < -0.4 is 4.72 Å². The lowest BCUT2D eigenvalue weighted by Gasteiger charge is -2.18. The predicted molar refractivity (Wildman–Crippen MR) is 120 cm³/mol. The molecule has 0 atom stereocenters. The van der Waals surface area contributed by atoms with Crippen LogP contribution in [0.1, 0.15) is 48.5 Å². The van der Waals surface area contributed by atoms with E-state index in [-0.39, 0.29) is 16.1 Å². The van der Waals surface area contributed by atoms with Crippen LogP contribution in [0, 0.1) is 6.92 Å². The van der Waals surface area contributed by atoms with E-state index in [9.17, 15) is 13.2 Å². The fraction of sp³-hybridized carbons (Fsp3) is 0.261. The van der Waals surface area contributed by atoms with Gasteiger partial charge in [-0.15, -0.1) is 11.3 Å². The first-order valence-corrected chi connectivity index (χ1v) is 11.6. The molecule has 3 aromatic rings. The largest absolute Gasteiger partial charge is 0.294 e. The van der Waals surface area contributed by atoms with E-state index < -0.39 is 10.0 Å². The van der Waals surface area contributed by atoms with E-state index >= 15 is 0 Å². The smallest absolute Gasteiger partial charge is 0.261 e. The minimum atomic E-state index is -3.78. The van der Waals surface area contributed by atoms with E-state index in [1.165, 1.54) is 23.8 Å². The molecule has 3 rings (SSSR count). The van der Waals surface area contributed by atoms with Crippen molar-refractivity contribution in [2.45, 2.75) is 44.9 Å². The zero-order valence-corrected chi connectivity index (χ0v) is 18.9. The average Bonchev–Trinajstić information content (AvgIpc) is 3.05. The Kier molecular flexibility index (Phi) is 5.70. The summed E-state index contributed by atoms with van der Waals surface area (Å²) in [6, 6.07) is 16.5. The summed E-state index contributed by atoms with van der Waals surface area (Å²) in [4.78, 5) is 13.5. The summed E-state index contributed by atoms with van der Waals surface area (Å²) in [5.74, 6) is -0.172. The van der Waals surface area contributed by atoms with Gasteiger partial charge in [-0.3, -0.25) is 9.52 Å². The Morgan fingerprint density at radius 1 is 0.966 bits per heavy atom. The third-order valence-electron chi connectivity index (χ3n) is 4.66. The lowest BCUT2D eigenvalue weighted by Crippen LogP contribution is -2.14. The van der Waals surface area contributed by atoms with E-state index in [1.54, 1.807) is 30.3 Å². The van der Waals surface area contributed by atoms with Crippen molar-refractivity contribution < 1.29 is 13.2 Å². The summed E-state index contributed by atoms with van der Waals surface area (Å²) >= 11 is 1.30. The maximum Gasteiger partial charge on any atom is 0.261 e. The number of ketones is 1. The molecular weight excluding hydrogens is 402 g/mol. The molecule has 29 heavy (non-hydrogen) atoms. The van der Waals surface area contributed by atoms with E-state index in [2.05, 4.69) is 37.6 Å². The molecule has 0 aliphatic heterocycles. The Balaban J connectivity index is 1.97. The fourth-order valence-electron chi connectivity index (χ4n) is 2.93. The number of carbonyl (C=O) groups is 1. The van der Waals surface area contributed by atoms with Gasteiger partial charge in [0.15, 0.2) is 5.78 Å². The van der Waals surface area contributed by atoms with E-state index in [0.717, 1.165) is 16.0 Å². The van der Waals surface area contributed by atoms with Crippen molar-refractivity contribution >= 4 is 32.8 Å². The number of Topliss-reactive ketones (excluding diaryl/α,β-unsaturated/α-hetero) is 1. The molecule has 1 aromatic heterocycles. The Hall–Kier alpha value is -2.44. The van der Waals surface area contributed by atoms with Gasteiger partial charge < -0.3 is 0 Å². The highest BCUT2D eigenvalue weighted by atomic mass is 32.2. The molecule has 2 aromatic carbocycles. The van der Waals surface area contributed by atoms with Gasteiger partial charge in [-0.2, -0.15) is 0 Å². The van der Waals surface area contributed by atoms with Crippen LogP contribution in [0.4, 0.5) is 5.69 Å². The van der Waals surface area contributed by atoms with Crippen LogP contribution in [0.3, 0.4) is 0 Å². The van der Waals surface area contributed by atoms with Gasteiger partial charge >= 0.3 is 0 Å². The van der Waals surface area contributed by atoms with Gasteiger partial charge in [0.25, 0.3) is 10.0 Å². The molecule has 1 N–H and O–H groups in total. The number of hydrogen-bond acceptors (Lipinski definition) is 4. The molecular formula is C23H25NO3S2. The third-order valence-corrected chi connectivity index (χ3v) is 7.33. The Labute approximate surface area is 176 Å². The Morgan fingerprint density at radius 3 is 2.07 bits per heavy atom. The first-order chi connectivity index (χ1) is 13.5. The molecule has 1 heterocycles. The number of benzene rings is 2. The molecule has 0 aliphatic carbocycles. The van der Waals surface area contributed by atoms with Gasteiger partial charge in [-0.25, -0.2) is 8.42 Å². The third kappa shape index (κ3) is 4.77. The van der Waals surface area contributed by atoms with Gasteiger partial charge in [-0.1, -0.05) is 62.7 Å². The van der Waals surface area contributed by atoms with Crippen LogP contribution in [-0.2, 0) is 15.4 Å². The van der Waals surface area contributed by atoms with Crippen LogP contribution in [0.2, 0.25) is 0 Å². The summed E-state index contributed by atoms with van der Waals surface area (Å²) < 4.78 is 28.1. The van der Waals surface area contributed by atoms with Crippen LogP contribution in [0.25, 0.3) is 10.4 Å². The average molecular weight is 428 g/mol. The summed E-state index contributed by atoms with van der Waals surface area (Å²) in [6.45, 7) is 9.80. The Bertz CT molecular complexity index is 1130. The lowest BCUT2D eigenvalue weighted by molar-refractivity contribution is 0.102. The normalized spacial score (nSPS) is 12.0. The number of aryl methyl sites for hydroxylation is 1. The topological polar surface area (TPSA) is 63.2 Å². The van der Waals surface area contributed by atoms with Crippen molar-refractivity contribution in [3.8, 4) is 10.4 Å². The number of sulfonamides is 1. The van der Waals surface area contributed by atoms with E-state index in [1.807, 2.05) is 19.1 Å². The van der Waals surface area contributed by atoms with Crippen molar-refractivity contribution in [3.63, 3.8) is 0 Å². The number of anilines is 1. The van der Waals surface area contributed by atoms with Crippen LogP contribution >= 0.6 is 11.3 Å². The number of rotatable bonds is 5. The molecule has 0 aliphatic rings. The standard InChI is InChI=1S/C23H25NO3S2/c1-15-6-12-19(13-7-15)29(26,27)24-20-14-21(28-22(20)16(2)25)17-8-10-18(11-9-17)23(3,4)5/h6-14,24H,1-5H3. The van der Waals surface area contributed by atoms with Crippen molar-refractivity contribution in [2.75, 3.05) is 4.72 Å². The van der Waals surface area contributed by atoms with Crippen molar-refractivity contribution in [3.05, 3.63) is 70.6 Å². The maximum atomic E-state index is 12.8. The first-order valence-electron chi connectivity index (χ1n) is 9.32. The van der Waals surface area contributed by atoms with E-state index in [4.69, 9.17) is 0 Å². The number of nitrogens with one attached hydrogen (secondary N) is 1. The molecule has 0 saturated carbocycles. The number of carbonyl (C=O) groups excluding carboxylic acids is 1. The van der Waals surface area contributed by atoms with Crippen LogP contribution in [-0.4, -0.2) is 14.2 Å². The predicted octanol–water partition coefficient (Wildman–Crippen LogP) is 6.02. The maximum absolute atomic E-state index is 12.8. The van der Waals surface area contributed by atoms with E-state index in [0.29, 0.717) is 10.6 Å². The molecule has 0 fully saturated rings. The first kappa shape index (κ1) is 21.3. The van der Waals surface area contributed by atoms with Crippen molar-refractivity contribution in [1.29, 1.82) is 0 Å². The lowest BCUT2D eigenvalue weighted by atomic mass is 9.86. The summed E-state index contributed by atoms with van der Waals surface area (Å²) in [6.07, 6.45) is 0. The van der Waals surface area contributed by atoms with Gasteiger partial charge in [-0.05, 0) is 41.7 Å². The number of thiophene rings is 1. The second-order valence-corrected chi connectivity index (χ2v) is 10.9. The van der Waals surface area contributed by atoms with Gasteiger partial charge in [0, 0.05) is 11.8 Å².